The van der Waals surface area contributed by atoms with Crippen LogP contribution >= 0.6 is 11.8 Å². The van der Waals surface area contributed by atoms with E-state index in [1.54, 1.807) is 0 Å². The fourth-order valence-electron chi connectivity index (χ4n) is 5.17. The number of amides is 1. The molecule has 3 saturated heterocycles. The minimum Gasteiger partial charge on any atom is -0.372 e. The quantitative estimate of drug-likeness (QED) is 0.659. The van der Waals surface area contributed by atoms with Gasteiger partial charge in [0.2, 0.25) is 5.91 Å². The molecule has 0 spiro atoms. The Kier molecular flexibility index (Phi) is 6.22. The number of carbonyl (C=O) groups is 1. The number of hydrogen-bond acceptors (Lipinski definition) is 5. The maximum atomic E-state index is 12.2. The van der Waals surface area contributed by atoms with Crippen molar-refractivity contribution in [1.29, 1.82) is 0 Å². The third-order valence-corrected chi connectivity index (χ3v) is 10.0. The molecule has 3 aliphatic heterocycles. The predicted molar refractivity (Wildman–Crippen MR) is 136 cm³/mol. The lowest BCUT2D eigenvalue weighted by Crippen LogP contribution is -2.38. The van der Waals surface area contributed by atoms with E-state index in [2.05, 4.69) is 52.4 Å². The second kappa shape index (κ2) is 9.14. The van der Waals surface area contributed by atoms with Gasteiger partial charge in [0.15, 0.2) is 15.0 Å². The second-order valence-electron chi connectivity index (χ2n) is 9.22. The van der Waals surface area contributed by atoms with Crippen molar-refractivity contribution < 1.29 is 13.2 Å². The van der Waals surface area contributed by atoms with Gasteiger partial charge < -0.3 is 9.80 Å². The summed E-state index contributed by atoms with van der Waals surface area (Å²) >= 11 is 1.41. The van der Waals surface area contributed by atoms with Crippen LogP contribution in [-0.4, -0.2) is 55.4 Å². The number of nitrogens with zero attached hydrogens (tertiary/aromatic N) is 3. The highest BCUT2D eigenvalue weighted by molar-refractivity contribution is 8.16. The lowest BCUT2D eigenvalue weighted by molar-refractivity contribution is -0.115. The van der Waals surface area contributed by atoms with Gasteiger partial charge in [0.1, 0.15) is 0 Å². The molecular weight excluding hydrogens is 454 g/mol. The summed E-state index contributed by atoms with van der Waals surface area (Å²) in [5.74, 6) is 0.709. The highest BCUT2D eigenvalue weighted by Crippen LogP contribution is 2.41. The van der Waals surface area contributed by atoms with Crippen molar-refractivity contribution >= 4 is 44.0 Å². The molecule has 2 atom stereocenters. The molecule has 3 fully saturated rings. The number of sulfone groups is 1. The average Bonchev–Trinajstić information content (AvgIpc) is 3.25. The predicted octanol–water partition coefficient (Wildman–Crippen LogP) is 3.77. The average molecular weight is 484 g/mol. The van der Waals surface area contributed by atoms with Gasteiger partial charge >= 0.3 is 0 Å². The number of piperidine rings is 1. The van der Waals surface area contributed by atoms with E-state index in [4.69, 9.17) is 0 Å². The molecule has 0 N–H and O–H groups in total. The summed E-state index contributed by atoms with van der Waals surface area (Å²) in [5, 5.41) is 0.540. The minimum atomic E-state index is -3.06. The van der Waals surface area contributed by atoms with Gasteiger partial charge in [0, 0.05) is 36.6 Å². The van der Waals surface area contributed by atoms with Crippen molar-refractivity contribution in [2.75, 3.05) is 34.4 Å². The fraction of sp³-hybridized carbons (Fsp3) is 0.440. The molecule has 6 nitrogen and oxygen atoms in total. The Balaban J connectivity index is 1.27. The van der Waals surface area contributed by atoms with Crippen molar-refractivity contribution in [3.63, 3.8) is 0 Å². The monoisotopic (exact) mass is 483 g/mol. The summed E-state index contributed by atoms with van der Waals surface area (Å²) in [5.41, 5.74) is 3.50. The zero-order chi connectivity index (χ0) is 23.0. The number of aliphatic imine (C=N–C) groups is 1. The SMILES string of the molecule is CC(=O)N=C1S[C@H]2CS(=O)(=O)C[C@H]2N1c1ccc(N2CCC(Cc3ccccc3)CC2)cc1. The van der Waals surface area contributed by atoms with Crippen molar-refractivity contribution in [3.8, 4) is 0 Å². The summed E-state index contributed by atoms with van der Waals surface area (Å²) < 4.78 is 24.4. The van der Waals surface area contributed by atoms with Gasteiger partial charge in [0.25, 0.3) is 0 Å². The Bertz CT molecular complexity index is 1140. The largest absolute Gasteiger partial charge is 0.372 e. The highest BCUT2D eigenvalue weighted by Gasteiger charge is 2.49. The molecule has 5 rings (SSSR count). The summed E-state index contributed by atoms with van der Waals surface area (Å²) in [6, 6.07) is 18.8. The van der Waals surface area contributed by atoms with Gasteiger partial charge in [-0.15, -0.1) is 0 Å². The minimum absolute atomic E-state index is 0.0728. The standard InChI is InChI=1S/C25H29N3O3S2/c1-18(29)26-25-28(23-16-33(30,31)17-24(23)32-25)22-9-7-21(8-10-22)27-13-11-20(12-14-27)15-19-5-3-2-4-6-19/h2-10,20,23-24H,11-17H2,1H3/t23-,24+/m1/s1. The fourth-order valence-corrected chi connectivity index (χ4v) is 9.13. The van der Waals surface area contributed by atoms with Crippen LogP contribution in [0.4, 0.5) is 11.4 Å². The number of amidine groups is 1. The van der Waals surface area contributed by atoms with E-state index in [0.29, 0.717) is 5.17 Å². The molecule has 3 aliphatic rings. The van der Waals surface area contributed by atoms with Gasteiger partial charge in [-0.1, -0.05) is 42.1 Å². The van der Waals surface area contributed by atoms with Crippen molar-refractivity contribution in [1.82, 2.24) is 0 Å². The number of carbonyl (C=O) groups excluding carboxylic acids is 1. The molecule has 0 aromatic heterocycles. The Morgan fingerprint density at radius 2 is 1.67 bits per heavy atom. The zero-order valence-electron chi connectivity index (χ0n) is 18.8. The van der Waals surface area contributed by atoms with Crippen LogP contribution in [0.1, 0.15) is 25.3 Å². The Labute approximate surface area is 200 Å². The smallest absolute Gasteiger partial charge is 0.244 e. The molecule has 0 radical (unpaired) electrons. The Hall–Kier alpha value is -2.32. The van der Waals surface area contributed by atoms with Crippen LogP contribution in [0.5, 0.6) is 0 Å². The van der Waals surface area contributed by atoms with Crippen LogP contribution in [-0.2, 0) is 21.1 Å². The van der Waals surface area contributed by atoms with Crippen LogP contribution in [0.15, 0.2) is 59.6 Å². The van der Waals surface area contributed by atoms with Crippen LogP contribution in [0.2, 0.25) is 0 Å². The molecule has 0 aliphatic carbocycles. The third-order valence-electron chi connectivity index (χ3n) is 6.79. The molecule has 33 heavy (non-hydrogen) atoms. The number of anilines is 2. The first-order valence-electron chi connectivity index (χ1n) is 11.5. The van der Waals surface area contributed by atoms with Gasteiger partial charge in [-0.25, -0.2) is 8.42 Å². The Morgan fingerprint density at radius 3 is 2.33 bits per heavy atom. The van der Waals surface area contributed by atoms with Crippen LogP contribution in [0.25, 0.3) is 0 Å². The maximum Gasteiger partial charge on any atom is 0.244 e. The summed E-state index contributed by atoms with van der Waals surface area (Å²) in [4.78, 5) is 20.2. The van der Waals surface area contributed by atoms with E-state index in [1.807, 2.05) is 17.0 Å². The number of fused-ring (bicyclic) bond motifs is 1. The van der Waals surface area contributed by atoms with Crippen molar-refractivity contribution in [3.05, 3.63) is 60.2 Å². The highest BCUT2D eigenvalue weighted by atomic mass is 32.2. The van der Waals surface area contributed by atoms with Gasteiger partial charge in [-0.2, -0.15) is 4.99 Å². The number of hydrogen-bond donors (Lipinski definition) is 0. The molecule has 2 aromatic rings. The molecule has 2 aromatic carbocycles. The Morgan fingerprint density at radius 1 is 1.00 bits per heavy atom. The second-order valence-corrected chi connectivity index (χ2v) is 12.6. The molecule has 174 valence electrons. The molecule has 0 saturated carbocycles. The van der Waals surface area contributed by atoms with E-state index >= 15 is 0 Å². The van der Waals surface area contributed by atoms with E-state index in [-0.39, 0.29) is 28.7 Å². The molecule has 8 heteroatoms. The molecule has 3 heterocycles. The number of rotatable bonds is 4. The summed E-state index contributed by atoms with van der Waals surface area (Å²) in [6.45, 7) is 3.51. The molecule has 0 bridgehead atoms. The lowest BCUT2D eigenvalue weighted by Gasteiger charge is -2.34. The van der Waals surface area contributed by atoms with E-state index in [0.717, 1.165) is 31.1 Å². The van der Waals surface area contributed by atoms with Crippen LogP contribution < -0.4 is 9.80 Å². The van der Waals surface area contributed by atoms with Crippen molar-refractivity contribution in [2.24, 2.45) is 10.9 Å². The molecular formula is C25H29N3O3S2. The first kappa shape index (κ1) is 22.5. The lowest BCUT2D eigenvalue weighted by atomic mass is 9.90. The van der Waals surface area contributed by atoms with Crippen LogP contribution in [0.3, 0.4) is 0 Å². The topological polar surface area (TPSA) is 70.0 Å². The van der Waals surface area contributed by atoms with Gasteiger partial charge in [-0.3, -0.25) is 4.79 Å². The summed E-state index contributed by atoms with van der Waals surface area (Å²) in [7, 11) is -3.06. The normalized spacial score (nSPS) is 26.0. The third kappa shape index (κ3) is 4.96. The van der Waals surface area contributed by atoms with E-state index in [1.165, 1.54) is 42.8 Å². The first-order valence-corrected chi connectivity index (χ1v) is 14.2. The number of benzene rings is 2. The number of thioether (sulfide) groups is 1. The first-order chi connectivity index (χ1) is 15.9. The molecule has 1 amide bonds. The van der Waals surface area contributed by atoms with Crippen molar-refractivity contribution in [2.45, 2.75) is 37.5 Å². The summed E-state index contributed by atoms with van der Waals surface area (Å²) in [6.07, 6.45) is 3.50. The zero-order valence-corrected chi connectivity index (χ0v) is 20.4. The van der Waals surface area contributed by atoms with Gasteiger partial charge in [-0.05, 0) is 55.0 Å². The maximum absolute atomic E-state index is 12.2. The van der Waals surface area contributed by atoms with Gasteiger partial charge in [0.05, 0.1) is 17.5 Å². The van der Waals surface area contributed by atoms with Crippen LogP contribution in [0, 0.1) is 5.92 Å². The van der Waals surface area contributed by atoms with E-state index in [9.17, 15) is 13.2 Å². The molecule has 0 unspecified atom stereocenters. The van der Waals surface area contributed by atoms with E-state index < -0.39 is 9.84 Å².